The van der Waals surface area contributed by atoms with Crippen molar-refractivity contribution in [3.8, 4) is 0 Å². The molecule has 44 heavy (non-hydrogen) atoms. The number of rotatable bonds is 17. The van der Waals surface area contributed by atoms with Gasteiger partial charge in [-0.2, -0.15) is 0 Å². The molecule has 0 aromatic heterocycles. The summed E-state index contributed by atoms with van der Waals surface area (Å²) in [7, 11) is 0. The van der Waals surface area contributed by atoms with Crippen LogP contribution in [0.1, 0.15) is 28.7 Å². The molecule has 7 heteroatoms. The zero-order valence-electron chi connectivity index (χ0n) is 25.0. The third-order valence-electron chi connectivity index (χ3n) is 7.43. The Kier molecular flexibility index (Phi) is 12.9. The fourth-order valence-electron chi connectivity index (χ4n) is 5.15. The molecule has 0 saturated carbocycles. The van der Waals surface area contributed by atoms with Crippen LogP contribution < -0.4 is 0 Å². The van der Waals surface area contributed by atoms with Crippen molar-refractivity contribution in [3.05, 3.63) is 144 Å². The molecule has 4 aromatic rings. The fourth-order valence-corrected chi connectivity index (χ4v) is 5.15. The Bertz CT molecular complexity index is 1310. The maximum atomic E-state index is 9.46. The number of hydrogen-bond acceptors (Lipinski definition) is 7. The van der Waals surface area contributed by atoms with Gasteiger partial charge < -0.3 is 33.5 Å². The summed E-state index contributed by atoms with van der Waals surface area (Å²) in [6.07, 6.45) is -2.45. The highest BCUT2D eigenvalue weighted by molar-refractivity contribution is 5.16. The van der Waals surface area contributed by atoms with Crippen LogP contribution in [0.15, 0.2) is 121 Å². The predicted molar refractivity (Wildman–Crippen MR) is 167 cm³/mol. The number of hydrogen-bond donors (Lipinski definition) is 1. The lowest BCUT2D eigenvalue weighted by molar-refractivity contribution is -0.328. The van der Waals surface area contributed by atoms with Gasteiger partial charge in [0.05, 0.1) is 39.6 Å². The molecule has 7 nitrogen and oxygen atoms in total. The molecule has 0 bridgehead atoms. The van der Waals surface area contributed by atoms with Crippen molar-refractivity contribution in [2.24, 2.45) is 0 Å². The van der Waals surface area contributed by atoms with E-state index in [2.05, 4.69) is 0 Å². The van der Waals surface area contributed by atoms with Gasteiger partial charge in [0.2, 0.25) is 0 Å². The lowest BCUT2D eigenvalue weighted by Gasteiger charge is -2.46. The van der Waals surface area contributed by atoms with Crippen molar-refractivity contribution >= 4 is 0 Å². The Morgan fingerprint density at radius 2 is 0.932 bits per heavy atom. The van der Waals surface area contributed by atoms with E-state index in [1.807, 2.05) is 121 Å². The van der Waals surface area contributed by atoms with Crippen LogP contribution in [-0.4, -0.2) is 55.6 Å². The first-order valence-corrected chi connectivity index (χ1v) is 15.3. The van der Waals surface area contributed by atoms with Crippen LogP contribution in [0.5, 0.6) is 0 Å². The minimum atomic E-state index is -0.757. The molecular formula is C37H42O7. The quantitative estimate of drug-likeness (QED) is 0.148. The fraction of sp³-hybridized carbons (Fsp3) is 0.351. The third-order valence-corrected chi connectivity index (χ3v) is 7.43. The summed E-state index contributed by atoms with van der Waals surface area (Å²) in [4.78, 5) is 0. The average Bonchev–Trinajstić information content (AvgIpc) is 3.08. The van der Waals surface area contributed by atoms with Gasteiger partial charge >= 0.3 is 0 Å². The molecule has 1 N–H and O–H groups in total. The molecule has 1 saturated heterocycles. The van der Waals surface area contributed by atoms with E-state index >= 15 is 0 Å². The molecule has 1 aliphatic rings. The van der Waals surface area contributed by atoms with Crippen molar-refractivity contribution in [1.82, 2.24) is 0 Å². The van der Waals surface area contributed by atoms with E-state index in [4.69, 9.17) is 28.4 Å². The van der Waals surface area contributed by atoms with E-state index in [-0.39, 0.29) is 13.2 Å². The van der Waals surface area contributed by atoms with E-state index in [0.717, 1.165) is 22.3 Å². The highest BCUT2D eigenvalue weighted by Crippen LogP contribution is 2.31. The monoisotopic (exact) mass is 598 g/mol. The largest absolute Gasteiger partial charge is 0.396 e. The first kappa shape index (κ1) is 32.0. The van der Waals surface area contributed by atoms with E-state index < -0.39 is 30.7 Å². The smallest absolute Gasteiger partial charge is 0.186 e. The van der Waals surface area contributed by atoms with E-state index in [1.54, 1.807) is 0 Å². The Morgan fingerprint density at radius 3 is 1.41 bits per heavy atom. The van der Waals surface area contributed by atoms with Gasteiger partial charge in [-0.3, -0.25) is 0 Å². The van der Waals surface area contributed by atoms with Gasteiger partial charge in [0.25, 0.3) is 0 Å². The molecule has 5 rings (SSSR count). The maximum absolute atomic E-state index is 9.46. The highest BCUT2D eigenvalue weighted by atomic mass is 16.7. The summed E-state index contributed by atoms with van der Waals surface area (Å²) in [5.74, 6) is 0. The Labute approximate surface area is 260 Å². The van der Waals surface area contributed by atoms with Gasteiger partial charge in [-0.15, -0.1) is 0 Å². The Morgan fingerprint density at radius 1 is 0.500 bits per heavy atom. The summed E-state index contributed by atoms with van der Waals surface area (Å²) in [6.45, 7) is 2.12. The molecule has 1 heterocycles. The number of aliphatic hydroxyl groups is 1. The van der Waals surface area contributed by atoms with E-state index in [9.17, 15) is 5.11 Å². The molecule has 4 aromatic carbocycles. The molecule has 1 unspecified atom stereocenters. The molecule has 0 aliphatic carbocycles. The molecule has 1 aliphatic heterocycles. The first-order valence-electron chi connectivity index (χ1n) is 15.3. The normalized spacial score (nSPS) is 21.7. The SMILES string of the molecule is OCCCOC1O[C@H](COCc2ccccc2)[C@H](OCc2ccccc2)[C@H](OCc2ccccc2)[C@H]1OCc1ccccc1. The summed E-state index contributed by atoms with van der Waals surface area (Å²) in [5.41, 5.74) is 4.18. The third kappa shape index (κ3) is 9.81. The van der Waals surface area contributed by atoms with Crippen molar-refractivity contribution in [1.29, 1.82) is 0 Å². The van der Waals surface area contributed by atoms with Gasteiger partial charge in [-0.05, 0) is 28.7 Å². The molecular weight excluding hydrogens is 556 g/mol. The Balaban J connectivity index is 1.41. The topological polar surface area (TPSA) is 75.6 Å². The number of benzene rings is 4. The maximum Gasteiger partial charge on any atom is 0.186 e. The average molecular weight is 599 g/mol. The molecule has 232 valence electrons. The molecule has 0 spiro atoms. The lowest BCUT2D eigenvalue weighted by Crippen LogP contribution is -2.61. The Hall–Kier alpha value is -3.40. The summed E-state index contributed by atoms with van der Waals surface area (Å²) < 4.78 is 38.9. The highest BCUT2D eigenvalue weighted by Gasteiger charge is 2.49. The van der Waals surface area contributed by atoms with Crippen molar-refractivity contribution in [2.75, 3.05) is 19.8 Å². The van der Waals surface area contributed by atoms with Crippen LogP contribution in [0.2, 0.25) is 0 Å². The number of aliphatic hydroxyl groups excluding tert-OH is 1. The molecule has 1 fully saturated rings. The van der Waals surface area contributed by atoms with Crippen LogP contribution in [0.3, 0.4) is 0 Å². The van der Waals surface area contributed by atoms with Gasteiger partial charge in [-0.25, -0.2) is 0 Å². The van der Waals surface area contributed by atoms with E-state index in [0.29, 0.717) is 39.5 Å². The minimum Gasteiger partial charge on any atom is -0.396 e. The summed E-state index contributed by atoms with van der Waals surface area (Å²) in [5, 5.41) is 9.46. The second kappa shape index (κ2) is 17.8. The van der Waals surface area contributed by atoms with Gasteiger partial charge in [-0.1, -0.05) is 121 Å². The van der Waals surface area contributed by atoms with Crippen LogP contribution in [0.25, 0.3) is 0 Å². The summed E-state index contributed by atoms with van der Waals surface area (Å²) >= 11 is 0. The lowest BCUT2D eigenvalue weighted by atomic mass is 9.97. The van der Waals surface area contributed by atoms with Crippen molar-refractivity contribution in [2.45, 2.75) is 63.6 Å². The van der Waals surface area contributed by atoms with E-state index in [1.165, 1.54) is 0 Å². The minimum absolute atomic E-state index is 0.0165. The van der Waals surface area contributed by atoms with Gasteiger partial charge in [0.1, 0.15) is 24.4 Å². The van der Waals surface area contributed by atoms with Crippen LogP contribution >= 0.6 is 0 Å². The number of ether oxygens (including phenoxy) is 6. The summed E-state index contributed by atoms with van der Waals surface area (Å²) in [6, 6.07) is 40.1. The standard InChI is InChI=1S/C37H42O7/c38-22-13-23-40-37-36(43-27-32-20-11-4-12-21-32)35(42-26-31-18-9-3-10-19-31)34(41-25-30-16-7-2-8-17-30)33(44-37)28-39-24-29-14-5-1-6-15-29/h1-12,14-21,33-38H,13,22-28H2/t33-,34+,35+,36-,37?/m1/s1. The molecule has 0 amide bonds. The van der Waals surface area contributed by atoms with Crippen LogP contribution in [0, 0.1) is 0 Å². The van der Waals surface area contributed by atoms with Crippen molar-refractivity contribution in [3.63, 3.8) is 0 Å². The zero-order chi connectivity index (χ0) is 30.2. The van der Waals surface area contributed by atoms with Crippen LogP contribution in [0.4, 0.5) is 0 Å². The molecule has 5 atom stereocenters. The van der Waals surface area contributed by atoms with Gasteiger partial charge in [0, 0.05) is 6.61 Å². The second-order valence-electron chi connectivity index (χ2n) is 10.8. The molecule has 0 radical (unpaired) electrons. The first-order chi connectivity index (χ1) is 21.8. The second-order valence-corrected chi connectivity index (χ2v) is 10.8. The van der Waals surface area contributed by atoms with Gasteiger partial charge in [0.15, 0.2) is 6.29 Å². The zero-order valence-corrected chi connectivity index (χ0v) is 25.0. The van der Waals surface area contributed by atoms with Crippen LogP contribution in [-0.2, 0) is 54.8 Å². The predicted octanol–water partition coefficient (Wildman–Crippen LogP) is 6.08. The van der Waals surface area contributed by atoms with Crippen molar-refractivity contribution < 1.29 is 33.5 Å².